The number of amides is 2. The Hall–Kier alpha value is -1.81. The average Bonchev–Trinajstić information content (AvgIpc) is 2.56. The molecule has 2 rings (SSSR count). The third-order valence-electron chi connectivity index (χ3n) is 2.77. The molecule has 0 aliphatic carbocycles. The molecule has 18 heavy (non-hydrogen) atoms. The Kier molecular flexibility index (Phi) is 3.39. The number of para-hydroxylation sites is 1. The zero-order chi connectivity index (χ0) is 13.3. The van der Waals surface area contributed by atoms with Gasteiger partial charge in [-0.15, -0.1) is 6.58 Å². The van der Waals surface area contributed by atoms with Crippen LogP contribution in [0.1, 0.15) is 18.5 Å². The summed E-state index contributed by atoms with van der Waals surface area (Å²) in [5.74, 6) is -0.437. The summed E-state index contributed by atoms with van der Waals surface area (Å²) < 4.78 is 0. The van der Waals surface area contributed by atoms with Crippen molar-refractivity contribution in [1.82, 2.24) is 5.32 Å². The topological polar surface area (TPSA) is 49.4 Å². The molecular formula is C13H13ClN2O2. The van der Waals surface area contributed by atoms with Gasteiger partial charge in [-0.25, -0.2) is 0 Å². The van der Waals surface area contributed by atoms with Crippen molar-refractivity contribution >= 4 is 29.1 Å². The lowest BCUT2D eigenvalue weighted by Crippen LogP contribution is -2.36. The highest BCUT2D eigenvalue weighted by molar-refractivity contribution is 6.34. The minimum Gasteiger partial charge on any atom is -0.341 e. The van der Waals surface area contributed by atoms with Crippen LogP contribution in [0.2, 0.25) is 5.02 Å². The minimum atomic E-state index is -0.656. The van der Waals surface area contributed by atoms with Crippen LogP contribution in [0.15, 0.2) is 30.9 Å². The Morgan fingerprint density at radius 2 is 2.33 bits per heavy atom. The summed E-state index contributed by atoms with van der Waals surface area (Å²) in [5.41, 5.74) is 1.38. The molecule has 0 saturated carbocycles. The Labute approximate surface area is 110 Å². The zero-order valence-electron chi connectivity index (χ0n) is 9.94. The summed E-state index contributed by atoms with van der Waals surface area (Å²) in [6.45, 7) is 5.37. The number of hydrogen-bond donors (Lipinski definition) is 1. The molecule has 0 fully saturated rings. The zero-order valence-corrected chi connectivity index (χ0v) is 10.7. The van der Waals surface area contributed by atoms with Gasteiger partial charge in [0.1, 0.15) is 6.04 Å². The van der Waals surface area contributed by atoms with Crippen LogP contribution < -0.4 is 10.2 Å². The third kappa shape index (κ3) is 1.99. The molecule has 94 valence electrons. The van der Waals surface area contributed by atoms with E-state index in [1.165, 1.54) is 11.8 Å². The van der Waals surface area contributed by atoms with Gasteiger partial charge in [-0.05, 0) is 6.07 Å². The van der Waals surface area contributed by atoms with Crippen molar-refractivity contribution in [2.24, 2.45) is 0 Å². The standard InChI is InChI=1S/C13H13ClN2O2/c1-3-7-16-12-9(5-4-6-10(12)14)11(13(16)18)15-8(2)17/h3-6,11H,1,7H2,2H3,(H,15,17)/t11-/m0/s1. The number of rotatable bonds is 3. The Balaban J connectivity index is 2.50. The first-order valence-corrected chi connectivity index (χ1v) is 5.92. The first-order chi connectivity index (χ1) is 8.56. The predicted octanol–water partition coefficient (Wildman–Crippen LogP) is 2.05. The summed E-state index contributed by atoms with van der Waals surface area (Å²) in [4.78, 5) is 24.9. The summed E-state index contributed by atoms with van der Waals surface area (Å²) in [6.07, 6.45) is 1.63. The number of hydrogen-bond acceptors (Lipinski definition) is 2. The van der Waals surface area contributed by atoms with Crippen molar-refractivity contribution in [2.75, 3.05) is 11.4 Å². The second-order valence-corrected chi connectivity index (χ2v) is 4.46. The molecule has 1 aliphatic heterocycles. The van der Waals surface area contributed by atoms with Crippen LogP contribution in [0.4, 0.5) is 5.69 Å². The number of fused-ring (bicyclic) bond motifs is 1. The Morgan fingerprint density at radius 3 is 2.94 bits per heavy atom. The monoisotopic (exact) mass is 264 g/mol. The van der Waals surface area contributed by atoms with Gasteiger partial charge in [-0.3, -0.25) is 9.59 Å². The second-order valence-electron chi connectivity index (χ2n) is 4.05. The van der Waals surface area contributed by atoms with Gasteiger partial charge in [0.25, 0.3) is 5.91 Å². The molecule has 2 amide bonds. The van der Waals surface area contributed by atoms with E-state index in [0.717, 1.165) is 5.56 Å². The summed E-state index contributed by atoms with van der Waals surface area (Å²) >= 11 is 6.13. The molecule has 0 saturated heterocycles. The summed E-state index contributed by atoms with van der Waals surface area (Å²) in [5, 5.41) is 3.14. The molecule has 0 unspecified atom stereocenters. The van der Waals surface area contributed by atoms with Crippen LogP contribution in [-0.2, 0) is 9.59 Å². The first-order valence-electron chi connectivity index (χ1n) is 5.54. The lowest BCUT2D eigenvalue weighted by molar-refractivity contribution is -0.126. The highest BCUT2D eigenvalue weighted by Gasteiger charge is 2.38. The van der Waals surface area contributed by atoms with Crippen molar-refractivity contribution in [1.29, 1.82) is 0 Å². The number of carbonyl (C=O) groups is 2. The highest BCUT2D eigenvalue weighted by atomic mass is 35.5. The van der Waals surface area contributed by atoms with Gasteiger partial charge in [0.05, 0.1) is 10.7 Å². The maximum atomic E-state index is 12.2. The molecule has 5 heteroatoms. The second kappa shape index (κ2) is 4.82. The van der Waals surface area contributed by atoms with Crippen molar-refractivity contribution in [3.05, 3.63) is 41.4 Å². The average molecular weight is 265 g/mol. The van der Waals surface area contributed by atoms with E-state index in [1.807, 2.05) is 0 Å². The van der Waals surface area contributed by atoms with Gasteiger partial charge in [0.15, 0.2) is 0 Å². The van der Waals surface area contributed by atoms with Gasteiger partial charge < -0.3 is 10.2 Å². The van der Waals surface area contributed by atoms with E-state index in [-0.39, 0.29) is 11.8 Å². The molecule has 0 radical (unpaired) electrons. The summed E-state index contributed by atoms with van der Waals surface area (Å²) in [7, 11) is 0. The third-order valence-corrected chi connectivity index (χ3v) is 3.08. The number of nitrogens with zero attached hydrogens (tertiary/aromatic N) is 1. The van der Waals surface area contributed by atoms with Crippen LogP contribution in [0, 0.1) is 0 Å². The number of halogens is 1. The normalized spacial score (nSPS) is 17.6. The van der Waals surface area contributed by atoms with Crippen LogP contribution in [-0.4, -0.2) is 18.4 Å². The fraction of sp³-hybridized carbons (Fsp3) is 0.231. The fourth-order valence-corrected chi connectivity index (χ4v) is 2.39. The van der Waals surface area contributed by atoms with Crippen LogP contribution >= 0.6 is 11.6 Å². The van der Waals surface area contributed by atoms with Crippen molar-refractivity contribution in [3.63, 3.8) is 0 Å². The first kappa shape index (κ1) is 12.6. The van der Waals surface area contributed by atoms with E-state index in [0.29, 0.717) is 17.3 Å². The van der Waals surface area contributed by atoms with Gasteiger partial charge >= 0.3 is 0 Å². The quantitative estimate of drug-likeness (QED) is 0.850. The van der Waals surface area contributed by atoms with Gasteiger partial charge in [-0.1, -0.05) is 29.8 Å². The van der Waals surface area contributed by atoms with E-state index in [9.17, 15) is 9.59 Å². The fourth-order valence-electron chi connectivity index (χ4n) is 2.10. The van der Waals surface area contributed by atoms with E-state index in [2.05, 4.69) is 11.9 Å². The molecule has 1 N–H and O–H groups in total. The van der Waals surface area contributed by atoms with E-state index >= 15 is 0 Å². The lowest BCUT2D eigenvalue weighted by Gasteiger charge is -2.16. The predicted molar refractivity (Wildman–Crippen MR) is 70.6 cm³/mol. The minimum absolute atomic E-state index is 0.187. The Morgan fingerprint density at radius 1 is 1.61 bits per heavy atom. The van der Waals surface area contributed by atoms with Gasteiger partial charge in [0, 0.05) is 19.0 Å². The summed E-state index contributed by atoms with van der Waals surface area (Å²) in [6, 6.07) is 4.62. The molecule has 0 bridgehead atoms. The van der Waals surface area contributed by atoms with Crippen LogP contribution in [0.5, 0.6) is 0 Å². The molecular weight excluding hydrogens is 252 g/mol. The van der Waals surface area contributed by atoms with Crippen LogP contribution in [0.25, 0.3) is 0 Å². The molecule has 1 heterocycles. The maximum Gasteiger partial charge on any atom is 0.254 e. The molecule has 4 nitrogen and oxygen atoms in total. The molecule has 1 atom stereocenters. The molecule has 0 spiro atoms. The van der Waals surface area contributed by atoms with Crippen molar-refractivity contribution < 1.29 is 9.59 Å². The Bertz CT molecular complexity index is 528. The van der Waals surface area contributed by atoms with E-state index < -0.39 is 6.04 Å². The SMILES string of the molecule is C=CCN1C(=O)[C@@H](NC(C)=O)c2cccc(Cl)c21. The molecule has 1 aromatic rings. The van der Waals surface area contributed by atoms with E-state index in [4.69, 9.17) is 11.6 Å². The molecule has 1 aliphatic rings. The van der Waals surface area contributed by atoms with Crippen molar-refractivity contribution in [3.8, 4) is 0 Å². The van der Waals surface area contributed by atoms with Gasteiger partial charge in [-0.2, -0.15) is 0 Å². The molecule has 1 aromatic carbocycles. The number of anilines is 1. The van der Waals surface area contributed by atoms with Crippen molar-refractivity contribution in [2.45, 2.75) is 13.0 Å². The van der Waals surface area contributed by atoms with E-state index in [1.54, 1.807) is 24.3 Å². The number of benzene rings is 1. The van der Waals surface area contributed by atoms with Gasteiger partial charge in [0.2, 0.25) is 5.91 Å². The maximum absolute atomic E-state index is 12.2. The largest absolute Gasteiger partial charge is 0.341 e. The lowest BCUT2D eigenvalue weighted by atomic mass is 10.1. The van der Waals surface area contributed by atoms with Crippen LogP contribution in [0.3, 0.4) is 0 Å². The highest BCUT2D eigenvalue weighted by Crippen LogP contribution is 2.40. The number of carbonyl (C=O) groups excluding carboxylic acids is 2. The molecule has 0 aromatic heterocycles. The smallest absolute Gasteiger partial charge is 0.254 e. The number of nitrogens with one attached hydrogen (secondary N) is 1.